The van der Waals surface area contributed by atoms with E-state index >= 15 is 0 Å². The molecule has 0 amide bonds. The molecule has 1 nitrogen and oxygen atoms in total. The van der Waals surface area contributed by atoms with Gasteiger partial charge in [-0.25, -0.2) is 4.39 Å². The van der Waals surface area contributed by atoms with Crippen LogP contribution in [0.3, 0.4) is 0 Å². The average molecular weight is 258 g/mol. The molecule has 1 atom stereocenters. The summed E-state index contributed by atoms with van der Waals surface area (Å²) in [6, 6.07) is 5.38. The summed E-state index contributed by atoms with van der Waals surface area (Å²) in [5.41, 5.74) is 0.887. The van der Waals surface area contributed by atoms with Crippen molar-refractivity contribution in [3.05, 3.63) is 34.6 Å². The number of rotatable bonds is 6. The molecule has 3 heteroatoms. The highest BCUT2D eigenvalue weighted by molar-refractivity contribution is 6.31. The molecular formula is C14H21ClFN. The number of likely N-dealkylation sites (N-methyl/N-ethyl adjacent to an activating group) is 1. The van der Waals surface area contributed by atoms with Gasteiger partial charge in [0, 0.05) is 6.04 Å². The summed E-state index contributed by atoms with van der Waals surface area (Å²) >= 11 is 5.97. The lowest BCUT2D eigenvalue weighted by Gasteiger charge is -2.20. The van der Waals surface area contributed by atoms with Crippen molar-refractivity contribution in [3.63, 3.8) is 0 Å². The van der Waals surface area contributed by atoms with E-state index in [0.29, 0.717) is 12.0 Å². The van der Waals surface area contributed by atoms with Crippen molar-refractivity contribution in [2.24, 2.45) is 5.92 Å². The van der Waals surface area contributed by atoms with Crippen LogP contribution in [0.1, 0.15) is 32.8 Å². The van der Waals surface area contributed by atoms with E-state index in [0.717, 1.165) is 24.9 Å². The lowest BCUT2D eigenvalue weighted by atomic mass is 9.97. The summed E-state index contributed by atoms with van der Waals surface area (Å²) in [5.74, 6) is 0.287. The minimum Gasteiger partial charge on any atom is -0.314 e. The maximum atomic E-state index is 13.3. The molecule has 0 bridgehead atoms. The first-order chi connectivity index (χ1) is 8.04. The monoisotopic (exact) mass is 257 g/mol. The molecule has 1 unspecified atom stereocenters. The topological polar surface area (TPSA) is 12.0 Å². The second-order valence-electron chi connectivity index (χ2n) is 4.80. The number of nitrogens with one attached hydrogen (secondary N) is 1. The van der Waals surface area contributed by atoms with Crippen molar-refractivity contribution in [1.82, 2.24) is 5.32 Å². The quantitative estimate of drug-likeness (QED) is 0.811. The summed E-state index contributed by atoms with van der Waals surface area (Å²) in [7, 11) is 0. The third kappa shape index (κ3) is 4.64. The summed E-state index contributed by atoms with van der Waals surface area (Å²) in [4.78, 5) is 0. The van der Waals surface area contributed by atoms with Gasteiger partial charge in [0.2, 0.25) is 0 Å². The van der Waals surface area contributed by atoms with Crippen LogP contribution < -0.4 is 5.32 Å². The Morgan fingerprint density at radius 3 is 2.65 bits per heavy atom. The maximum absolute atomic E-state index is 13.3. The Bertz CT molecular complexity index is 352. The molecule has 0 saturated carbocycles. The van der Waals surface area contributed by atoms with Crippen LogP contribution in [-0.4, -0.2) is 12.6 Å². The summed E-state index contributed by atoms with van der Waals surface area (Å²) in [5, 5.41) is 3.69. The number of halogens is 2. The highest BCUT2D eigenvalue weighted by Crippen LogP contribution is 2.22. The summed E-state index contributed by atoms with van der Waals surface area (Å²) in [6.45, 7) is 7.39. The van der Waals surface area contributed by atoms with Crippen molar-refractivity contribution >= 4 is 11.6 Å². The Morgan fingerprint density at radius 2 is 2.06 bits per heavy atom. The van der Waals surface area contributed by atoms with Gasteiger partial charge in [0.05, 0.1) is 5.02 Å². The molecule has 0 fully saturated rings. The lowest BCUT2D eigenvalue weighted by molar-refractivity contribution is 0.423. The van der Waals surface area contributed by atoms with Crippen molar-refractivity contribution in [2.45, 2.75) is 39.7 Å². The SMILES string of the molecule is CCNC(Cc1cccc(F)c1Cl)CC(C)C. The van der Waals surface area contributed by atoms with Gasteiger partial charge in [-0.15, -0.1) is 0 Å². The van der Waals surface area contributed by atoms with Crippen LogP contribution in [0.5, 0.6) is 0 Å². The molecular weight excluding hydrogens is 237 g/mol. The van der Waals surface area contributed by atoms with Crippen LogP contribution in [-0.2, 0) is 6.42 Å². The molecule has 0 aromatic heterocycles. The van der Waals surface area contributed by atoms with Crippen LogP contribution in [0.4, 0.5) is 4.39 Å². The van der Waals surface area contributed by atoms with Crippen LogP contribution in [0.15, 0.2) is 18.2 Å². The van der Waals surface area contributed by atoms with E-state index in [2.05, 4.69) is 26.1 Å². The Morgan fingerprint density at radius 1 is 1.35 bits per heavy atom. The lowest BCUT2D eigenvalue weighted by Crippen LogP contribution is -2.32. The van der Waals surface area contributed by atoms with Crippen molar-refractivity contribution in [3.8, 4) is 0 Å². The molecule has 0 spiro atoms. The zero-order valence-corrected chi connectivity index (χ0v) is 11.5. The molecule has 1 aromatic rings. The number of hydrogen-bond acceptors (Lipinski definition) is 1. The third-order valence-corrected chi connectivity index (χ3v) is 3.17. The standard InChI is InChI=1S/C14H21ClFN/c1-4-17-12(8-10(2)3)9-11-6-5-7-13(16)14(11)15/h5-7,10,12,17H,4,8-9H2,1-3H3. The zero-order chi connectivity index (χ0) is 12.8. The van der Waals surface area contributed by atoms with E-state index in [4.69, 9.17) is 11.6 Å². The van der Waals surface area contributed by atoms with Gasteiger partial charge >= 0.3 is 0 Å². The first-order valence-electron chi connectivity index (χ1n) is 6.20. The molecule has 17 heavy (non-hydrogen) atoms. The molecule has 0 aliphatic rings. The summed E-state index contributed by atoms with van der Waals surface area (Å²) < 4.78 is 13.3. The van der Waals surface area contributed by atoms with Crippen LogP contribution >= 0.6 is 11.6 Å². The Labute approximate surface area is 108 Å². The normalized spacial score (nSPS) is 13.1. The maximum Gasteiger partial charge on any atom is 0.142 e. The van der Waals surface area contributed by atoms with Gasteiger partial charge in [-0.05, 0) is 36.9 Å². The van der Waals surface area contributed by atoms with Gasteiger partial charge in [-0.3, -0.25) is 0 Å². The van der Waals surface area contributed by atoms with Gasteiger partial charge in [0.25, 0.3) is 0 Å². The Kier molecular flexibility index (Phi) is 5.93. The Hall–Kier alpha value is -0.600. The average Bonchev–Trinajstić information content (AvgIpc) is 2.24. The molecule has 1 N–H and O–H groups in total. The smallest absolute Gasteiger partial charge is 0.142 e. The largest absolute Gasteiger partial charge is 0.314 e. The first-order valence-corrected chi connectivity index (χ1v) is 6.58. The minimum absolute atomic E-state index is 0.263. The van der Waals surface area contributed by atoms with Gasteiger partial charge in [-0.2, -0.15) is 0 Å². The van der Waals surface area contributed by atoms with E-state index < -0.39 is 0 Å². The van der Waals surface area contributed by atoms with Gasteiger partial charge in [-0.1, -0.05) is 44.5 Å². The van der Waals surface area contributed by atoms with E-state index in [1.165, 1.54) is 6.07 Å². The zero-order valence-electron chi connectivity index (χ0n) is 10.8. The second-order valence-corrected chi connectivity index (χ2v) is 5.18. The van der Waals surface area contributed by atoms with Crippen LogP contribution in [0.2, 0.25) is 5.02 Å². The van der Waals surface area contributed by atoms with Crippen molar-refractivity contribution in [1.29, 1.82) is 0 Å². The predicted octanol–water partition coefficient (Wildman–Crippen LogP) is 4.05. The van der Waals surface area contributed by atoms with E-state index in [-0.39, 0.29) is 10.8 Å². The van der Waals surface area contributed by atoms with Gasteiger partial charge in [0.15, 0.2) is 0 Å². The highest BCUT2D eigenvalue weighted by Gasteiger charge is 2.13. The molecule has 0 saturated heterocycles. The van der Waals surface area contributed by atoms with E-state index in [1.54, 1.807) is 6.07 Å². The first kappa shape index (κ1) is 14.5. The molecule has 96 valence electrons. The predicted molar refractivity (Wildman–Crippen MR) is 72.0 cm³/mol. The minimum atomic E-state index is -0.330. The molecule has 0 aliphatic heterocycles. The fourth-order valence-electron chi connectivity index (χ4n) is 2.07. The van der Waals surface area contributed by atoms with Crippen LogP contribution in [0, 0.1) is 11.7 Å². The molecule has 1 rings (SSSR count). The van der Waals surface area contributed by atoms with Gasteiger partial charge < -0.3 is 5.32 Å². The van der Waals surface area contributed by atoms with Crippen molar-refractivity contribution in [2.75, 3.05) is 6.54 Å². The molecule has 1 aromatic carbocycles. The van der Waals surface area contributed by atoms with E-state index in [9.17, 15) is 4.39 Å². The molecule has 0 radical (unpaired) electrons. The fourth-order valence-corrected chi connectivity index (χ4v) is 2.27. The highest BCUT2D eigenvalue weighted by atomic mass is 35.5. The Balaban J connectivity index is 2.74. The number of hydrogen-bond donors (Lipinski definition) is 1. The second kappa shape index (κ2) is 6.97. The summed E-state index contributed by atoms with van der Waals surface area (Å²) in [6.07, 6.45) is 1.85. The molecule has 0 heterocycles. The molecule has 0 aliphatic carbocycles. The third-order valence-electron chi connectivity index (χ3n) is 2.75. The van der Waals surface area contributed by atoms with Crippen LogP contribution in [0.25, 0.3) is 0 Å². The van der Waals surface area contributed by atoms with Crippen molar-refractivity contribution < 1.29 is 4.39 Å². The van der Waals surface area contributed by atoms with E-state index in [1.807, 2.05) is 6.07 Å². The number of benzene rings is 1. The fraction of sp³-hybridized carbons (Fsp3) is 0.571. The van der Waals surface area contributed by atoms with Gasteiger partial charge in [0.1, 0.15) is 5.82 Å².